The second-order valence-corrected chi connectivity index (χ2v) is 11.6. The largest absolute Gasteiger partial charge is 0.456 e. The number of furan rings is 1. The van der Waals surface area contributed by atoms with Gasteiger partial charge in [-0.15, -0.1) is 0 Å². The van der Waals surface area contributed by atoms with Crippen LogP contribution in [0.1, 0.15) is 17.5 Å². The summed E-state index contributed by atoms with van der Waals surface area (Å²) < 4.78 is 6.40. The number of hydrogen-bond donors (Lipinski definition) is 0. The van der Waals surface area contributed by atoms with Crippen molar-refractivity contribution in [1.29, 1.82) is 0 Å². The van der Waals surface area contributed by atoms with Crippen molar-refractivity contribution in [1.82, 2.24) is 0 Å². The molecule has 0 aliphatic heterocycles. The van der Waals surface area contributed by atoms with E-state index in [0.29, 0.717) is 0 Å². The molecule has 0 radical (unpaired) electrons. The smallest absolute Gasteiger partial charge is 0.136 e. The van der Waals surface area contributed by atoms with Crippen LogP contribution in [0.5, 0.6) is 0 Å². The van der Waals surface area contributed by atoms with Gasteiger partial charge in [-0.05, 0) is 109 Å². The van der Waals surface area contributed by atoms with E-state index in [1.54, 1.807) is 0 Å². The first kappa shape index (κ1) is 24.2. The van der Waals surface area contributed by atoms with Crippen LogP contribution in [0.25, 0.3) is 82.9 Å². The lowest BCUT2D eigenvalue weighted by Crippen LogP contribution is -1.95. The van der Waals surface area contributed by atoms with Crippen molar-refractivity contribution in [3.05, 3.63) is 151 Å². The molecule has 1 aliphatic rings. The summed E-state index contributed by atoms with van der Waals surface area (Å²) in [5.41, 5.74) is 12.0. The third-order valence-corrected chi connectivity index (χ3v) is 9.11. The molecule has 0 saturated heterocycles. The van der Waals surface area contributed by atoms with Gasteiger partial charge in [0, 0.05) is 10.8 Å². The fourth-order valence-corrected chi connectivity index (χ4v) is 7.08. The normalized spacial score (nSPS) is 12.8. The van der Waals surface area contributed by atoms with Crippen molar-refractivity contribution >= 4 is 49.6 Å². The van der Waals surface area contributed by atoms with Crippen molar-refractivity contribution in [2.45, 2.75) is 12.8 Å². The van der Waals surface area contributed by atoms with Gasteiger partial charge < -0.3 is 4.42 Å². The maximum absolute atomic E-state index is 6.40. The molecule has 0 saturated carbocycles. The van der Waals surface area contributed by atoms with Gasteiger partial charge >= 0.3 is 0 Å². The zero-order chi connectivity index (χ0) is 28.3. The average molecular weight is 549 g/mol. The summed E-state index contributed by atoms with van der Waals surface area (Å²) in [6.45, 7) is 0. The highest BCUT2D eigenvalue weighted by molar-refractivity contribution is 6.22. The monoisotopic (exact) mass is 548 g/mol. The quantitative estimate of drug-likeness (QED) is 0.200. The molecule has 0 spiro atoms. The predicted octanol–water partition coefficient (Wildman–Crippen LogP) is 11.9. The van der Waals surface area contributed by atoms with E-state index in [2.05, 4.69) is 146 Å². The van der Waals surface area contributed by atoms with Crippen LogP contribution in [0.2, 0.25) is 0 Å². The fourth-order valence-electron chi connectivity index (χ4n) is 7.08. The molecule has 202 valence electrons. The van der Waals surface area contributed by atoms with Gasteiger partial charge in [-0.1, -0.05) is 115 Å². The minimum atomic E-state index is 0.913. The van der Waals surface area contributed by atoms with E-state index in [1.165, 1.54) is 60.5 Å². The van der Waals surface area contributed by atoms with Gasteiger partial charge in [0.25, 0.3) is 0 Å². The Bertz CT molecular complexity index is 2330. The molecule has 1 aromatic heterocycles. The first-order valence-corrected chi connectivity index (χ1v) is 15.1. The molecule has 1 nitrogen and oxygen atoms in total. The number of rotatable bonds is 3. The third kappa shape index (κ3) is 3.86. The van der Waals surface area contributed by atoms with Crippen LogP contribution in [0, 0.1) is 0 Å². The van der Waals surface area contributed by atoms with Gasteiger partial charge in [-0.3, -0.25) is 0 Å². The lowest BCUT2D eigenvalue weighted by Gasteiger charge is -2.19. The molecule has 43 heavy (non-hydrogen) atoms. The fraction of sp³-hybridized carbons (Fsp3) is 0.0476. The molecule has 1 heteroatoms. The first-order valence-electron chi connectivity index (χ1n) is 15.1. The molecule has 0 N–H and O–H groups in total. The number of benzene rings is 7. The lowest BCUT2D eigenvalue weighted by molar-refractivity contribution is 0.669. The lowest BCUT2D eigenvalue weighted by atomic mass is 9.84. The van der Waals surface area contributed by atoms with Crippen molar-refractivity contribution in [3.8, 4) is 33.4 Å². The molecule has 7 aromatic carbocycles. The number of allylic oxidation sites excluding steroid dienone is 1. The van der Waals surface area contributed by atoms with Crippen LogP contribution in [-0.2, 0) is 6.42 Å². The second-order valence-electron chi connectivity index (χ2n) is 11.6. The average Bonchev–Trinajstić information content (AvgIpc) is 3.44. The van der Waals surface area contributed by atoms with Crippen LogP contribution >= 0.6 is 0 Å². The van der Waals surface area contributed by atoms with E-state index in [9.17, 15) is 0 Å². The highest BCUT2D eigenvalue weighted by Crippen LogP contribution is 2.45. The van der Waals surface area contributed by atoms with Crippen molar-refractivity contribution < 1.29 is 4.42 Å². The Morgan fingerprint density at radius 3 is 1.77 bits per heavy atom. The van der Waals surface area contributed by atoms with E-state index >= 15 is 0 Å². The summed E-state index contributed by atoms with van der Waals surface area (Å²) in [6.07, 6.45) is 6.82. The van der Waals surface area contributed by atoms with Gasteiger partial charge in [0.15, 0.2) is 0 Å². The molecule has 9 rings (SSSR count). The summed E-state index contributed by atoms with van der Waals surface area (Å²) >= 11 is 0. The Morgan fingerprint density at radius 1 is 0.419 bits per heavy atom. The summed E-state index contributed by atoms with van der Waals surface area (Å²) in [5.74, 6) is 0. The number of fused-ring (bicyclic) bond motifs is 6. The Labute approximate surface area is 250 Å². The maximum atomic E-state index is 6.40. The van der Waals surface area contributed by atoms with E-state index in [-0.39, 0.29) is 0 Å². The summed E-state index contributed by atoms with van der Waals surface area (Å²) in [5, 5.41) is 7.38. The first-order chi connectivity index (χ1) is 21.3. The van der Waals surface area contributed by atoms with E-state index in [1.807, 2.05) is 0 Å². The molecular weight excluding hydrogens is 520 g/mol. The van der Waals surface area contributed by atoms with Crippen LogP contribution in [0.4, 0.5) is 0 Å². The topological polar surface area (TPSA) is 13.1 Å². The van der Waals surface area contributed by atoms with Crippen LogP contribution in [0.3, 0.4) is 0 Å². The molecule has 0 bridgehead atoms. The minimum Gasteiger partial charge on any atom is -0.456 e. The molecule has 8 aromatic rings. The maximum Gasteiger partial charge on any atom is 0.136 e. The molecule has 1 aliphatic carbocycles. The standard InChI is InChI=1S/C42H28O/c1-2-10-27(11-3-1)30-20-22-33-38-25-32(21-23-39(38)43-40(33)26-30)42-36-16-8-6-14-34(36)41(35-15-7-9-17-37(35)42)31-19-18-28-12-4-5-13-29(28)24-31/h1-3,5-11,13-26H,4,12H2. The number of hydrogen-bond acceptors (Lipinski definition) is 1. The molecule has 0 fully saturated rings. The van der Waals surface area contributed by atoms with Crippen LogP contribution < -0.4 is 0 Å². The van der Waals surface area contributed by atoms with Gasteiger partial charge in [0.05, 0.1) is 0 Å². The van der Waals surface area contributed by atoms with Crippen LogP contribution in [0.15, 0.2) is 144 Å². The summed E-state index contributed by atoms with van der Waals surface area (Å²) in [6, 6.07) is 48.6. The Kier molecular flexibility index (Phi) is 5.39. The van der Waals surface area contributed by atoms with Gasteiger partial charge in [0.2, 0.25) is 0 Å². The Morgan fingerprint density at radius 2 is 1.05 bits per heavy atom. The van der Waals surface area contributed by atoms with Crippen molar-refractivity contribution in [2.75, 3.05) is 0 Å². The van der Waals surface area contributed by atoms with E-state index in [4.69, 9.17) is 4.42 Å². The Balaban J connectivity index is 1.28. The molecule has 0 atom stereocenters. The van der Waals surface area contributed by atoms with Crippen molar-refractivity contribution in [2.24, 2.45) is 0 Å². The second kappa shape index (κ2) is 9.58. The van der Waals surface area contributed by atoms with Crippen molar-refractivity contribution in [3.63, 3.8) is 0 Å². The summed E-state index contributed by atoms with van der Waals surface area (Å²) in [7, 11) is 0. The zero-order valence-electron chi connectivity index (χ0n) is 23.7. The highest BCUT2D eigenvalue weighted by Gasteiger charge is 2.18. The molecule has 1 heterocycles. The predicted molar refractivity (Wildman–Crippen MR) is 182 cm³/mol. The minimum absolute atomic E-state index is 0.913. The van der Waals surface area contributed by atoms with E-state index < -0.39 is 0 Å². The zero-order valence-corrected chi connectivity index (χ0v) is 23.7. The molecule has 0 unspecified atom stereocenters. The molecular formula is C42H28O. The van der Waals surface area contributed by atoms with Gasteiger partial charge in [-0.25, -0.2) is 0 Å². The highest BCUT2D eigenvalue weighted by atomic mass is 16.3. The van der Waals surface area contributed by atoms with Crippen LogP contribution in [-0.4, -0.2) is 0 Å². The Hall–Kier alpha value is -5.40. The third-order valence-electron chi connectivity index (χ3n) is 9.11. The van der Waals surface area contributed by atoms with E-state index in [0.717, 1.165) is 40.3 Å². The van der Waals surface area contributed by atoms with Gasteiger partial charge in [0.1, 0.15) is 11.2 Å². The summed E-state index contributed by atoms with van der Waals surface area (Å²) in [4.78, 5) is 0. The van der Waals surface area contributed by atoms with Gasteiger partial charge in [-0.2, -0.15) is 0 Å². The SMILES string of the molecule is C1=Cc2cc(-c3c4ccccc4c(-c4ccc5oc6cc(-c7ccccc7)ccc6c5c4)c4ccccc34)ccc2CC1. The molecule has 0 amide bonds. The number of aryl methyl sites for hydroxylation is 1.